The highest BCUT2D eigenvalue weighted by Gasteiger charge is 2.33. The molecule has 0 N–H and O–H groups in total. The molecule has 0 saturated carbocycles. The molecule has 1 aliphatic rings. The van der Waals surface area contributed by atoms with E-state index in [0.29, 0.717) is 6.17 Å². The molecule has 4 rings (SSSR count). The van der Waals surface area contributed by atoms with Crippen LogP contribution in [0.2, 0.25) is 0 Å². The number of anilines is 2. The number of hydrogen-bond donors (Lipinski definition) is 0. The summed E-state index contributed by atoms with van der Waals surface area (Å²) in [5.74, 6) is 0. The van der Waals surface area contributed by atoms with Crippen LogP contribution in [0.15, 0.2) is 60.7 Å². The van der Waals surface area contributed by atoms with Crippen molar-refractivity contribution < 1.29 is 0 Å². The highest BCUT2D eigenvalue weighted by atomic mass is 15.4. The normalized spacial score (nSPS) is 16.0. The van der Waals surface area contributed by atoms with Crippen molar-refractivity contribution in [3.63, 3.8) is 0 Å². The Labute approximate surface area is 188 Å². The molecule has 1 unspecified atom stereocenters. The van der Waals surface area contributed by atoms with Gasteiger partial charge in [-0.05, 0) is 73.1 Å². The van der Waals surface area contributed by atoms with Crippen LogP contribution in [-0.2, 0) is 18.5 Å². The summed E-state index contributed by atoms with van der Waals surface area (Å²) in [6.07, 6.45) is 0.305. The molecule has 3 aromatic carbocycles. The summed E-state index contributed by atoms with van der Waals surface area (Å²) in [6, 6.07) is 22.7. The first-order chi connectivity index (χ1) is 14.6. The van der Waals surface area contributed by atoms with Gasteiger partial charge in [-0.2, -0.15) is 0 Å². The molecule has 0 spiro atoms. The number of nitrogens with zero attached hydrogens (tertiary/aromatic N) is 2. The number of hydrogen-bond acceptors (Lipinski definition) is 2. The van der Waals surface area contributed by atoms with Crippen molar-refractivity contribution in [2.24, 2.45) is 0 Å². The van der Waals surface area contributed by atoms with Gasteiger partial charge in [0.25, 0.3) is 0 Å². The van der Waals surface area contributed by atoms with Gasteiger partial charge in [0.15, 0.2) is 0 Å². The fourth-order valence-electron chi connectivity index (χ4n) is 4.89. The second-order valence-electron chi connectivity index (χ2n) is 10.2. The van der Waals surface area contributed by atoms with Crippen LogP contribution < -0.4 is 9.80 Å². The smallest absolute Gasteiger partial charge is 0.0995 e. The summed E-state index contributed by atoms with van der Waals surface area (Å²) < 4.78 is 0. The topological polar surface area (TPSA) is 6.48 Å². The van der Waals surface area contributed by atoms with Crippen molar-refractivity contribution in [3.8, 4) is 0 Å². The maximum atomic E-state index is 2.56. The minimum Gasteiger partial charge on any atom is -0.345 e. The van der Waals surface area contributed by atoms with E-state index in [2.05, 4.69) is 119 Å². The maximum absolute atomic E-state index is 2.56. The first-order valence-corrected chi connectivity index (χ1v) is 11.4. The van der Waals surface area contributed by atoms with Crippen LogP contribution in [0.3, 0.4) is 0 Å². The number of fused-ring (bicyclic) bond motifs is 1. The van der Waals surface area contributed by atoms with E-state index in [9.17, 15) is 0 Å². The van der Waals surface area contributed by atoms with E-state index in [1.807, 2.05) is 0 Å². The van der Waals surface area contributed by atoms with Gasteiger partial charge in [-0.3, -0.25) is 0 Å². The monoisotopic (exact) mass is 412 g/mol. The van der Waals surface area contributed by atoms with Gasteiger partial charge >= 0.3 is 0 Å². The van der Waals surface area contributed by atoms with Gasteiger partial charge in [-0.15, -0.1) is 0 Å². The van der Waals surface area contributed by atoms with E-state index >= 15 is 0 Å². The molecule has 1 aliphatic heterocycles. The molecular formula is C29H36N2. The third-order valence-corrected chi connectivity index (χ3v) is 6.74. The molecule has 2 nitrogen and oxygen atoms in total. The van der Waals surface area contributed by atoms with Gasteiger partial charge < -0.3 is 9.80 Å². The van der Waals surface area contributed by atoms with E-state index in [4.69, 9.17) is 0 Å². The molecule has 0 aliphatic carbocycles. The minimum atomic E-state index is 0.187. The van der Waals surface area contributed by atoms with Crippen molar-refractivity contribution in [2.45, 2.75) is 73.1 Å². The second-order valence-corrected chi connectivity index (χ2v) is 10.2. The van der Waals surface area contributed by atoms with Crippen molar-refractivity contribution in [3.05, 3.63) is 94.0 Å². The van der Waals surface area contributed by atoms with E-state index < -0.39 is 0 Å². The van der Waals surface area contributed by atoms with Crippen molar-refractivity contribution >= 4 is 11.4 Å². The summed E-state index contributed by atoms with van der Waals surface area (Å²) in [4.78, 5) is 5.10. The SMILES string of the molecule is Cc1cc(C)c(CN2c3ccccc3N(Cc3ccc(C(C)(C)C)cc3)C2C)c(C)c1. The molecule has 31 heavy (non-hydrogen) atoms. The van der Waals surface area contributed by atoms with Crippen LogP contribution in [0.25, 0.3) is 0 Å². The van der Waals surface area contributed by atoms with E-state index in [1.165, 1.54) is 44.8 Å². The highest BCUT2D eigenvalue weighted by Crippen LogP contribution is 2.41. The Hall–Kier alpha value is -2.74. The van der Waals surface area contributed by atoms with Crippen molar-refractivity contribution in [1.82, 2.24) is 0 Å². The third kappa shape index (κ3) is 4.21. The van der Waals surface area contributed by atoms with Gasteiger partial charge in [-0.25, -0.2) is 0 Å². The lowest BCUT2D eigenvalue weighted by atomic mass is 9.87. The van der Waals surface area contributed by atoms with Crippen LogP contribution >= 0.6 is 0 Å². The summed E-state index contributed by atoms with van der Waals surface area (Å²) >= 11 is 0. The first-order valence-electron chi connectivity index (χ1n) is 11.4. The molecule has 0 amide bonds. The van der Waals surface area contributed by atoms with Gasteiger partial charge in [0.05, 0.1) is 17.5 Å². The lowest BCUT2D eigenvalue weighted by molar-refractivity contribution is 0.589. The lowest BCUT2D eigenvalue weighted by Gasteiger charge is -2.31. The predicted octanol–water partition coefficient (Wildman–Crippen LogP) is 7.28. The fourth-order valence-corrected chi connectivity index (χ4v) is 4.89. The molecular weight excluding hydrogens is 376 g/mol. The Kier molecular flexibility index (Phi) is 5.60. The standard InChI is InChI=1S/C29H36N2/c1-20-16-21(2)26(22(3)17-20)19-31-23(4)30(27-10-8-9-11-28(27)31)18-24-12-14-25(15-13-24)29(5,6)7/h8-17,23H,18-19H2,1-7H3. The molecule has 3 aromatic rings. The molecule has 0 aromatic heterocycles. The maximum Gasteiger partial charge on any atom is 0.0995 e. The number of rotatable bonds is 4. The molecule has 162 valence electrons. The molecule has 2 heteroatoms. The molecule has 1 atom stereocenters. The molecule has 0 radical (unpaired) electrons. The van der Waals surface area contributed by atoms with Gasteiger partial charge in [0.2, 0.25) is 0 Å². The fraction of sp³-hybridized carbons (Fsp3) is 0.379. The van der Waals surface area contributed by atoms with Crippen molar-refractivity contribution in [2.75, 3.05) is 9.80 Å². The minimum absolute atomic E-state index is 0.187. The Morgan fingerprint density at radius 3 is 1.77 bits per heavy atom. The van der Waals surface area contributed by atoms with Crippen LogP contribution in [0.5, 0.6) is 0 Å². The zero-order valence-corrected chi connectivity index (χ0v) is 20.2. The number of aryl methyl sites for hydroxylation is 3. The van der Waals surface area contributed by atoms with E-state index in [0.717, 1.165) is 13.1 Å². The highest BCUT2D eigenvalue weighted by molar-refractivity contribution is 5.77. The van der Waals surface area contributed by atoms with Gasteiger partial charge in [0.1, 0.15) is 0 Å². The molecule has 0 bridgehead atoms. The second kappa shape index (κ2) is 8.07. The number of benzene rings is 3. The summed E-state index contributed by atoms with van der Waals surface area (Å²) in [6.45, 7) is 17.7. The zero-order chi connectivity index (χ0) is 22.3. The van der Waals surface area contributed by atoms with Crippen LogP contribution in [-0.4, -0.2) is 6.17 Å². The number of para-hydroxylation sites is 2. The molecule has 0 fully saturated rings. The Bertz CT molecular complexity index is 1050. The summed E-state index contributed by atoms with van der Waals surface area (Å²) in [5, 5.41) is 0. The van der Waals surface area contributed by atoms with Gasteiger partial charge in [-0.1, -0.05) is 74.9 Å². The Balaban J connectivity index is 1.63. The Morgan fingerprint density at radius 1 is 0.742 bits per heavy atom. The summed E-state index contributed by atoms with van der Waals surface area (Å²) in [7, 11) is 0. The van der Waals surface area contributed by atoms with Crippen LogP contribution in [0.4, 0.5) is 11.4 Å². The predicted molar refractivity (Wildman–Crippen MR) is 134 cm³/mol. The lowest BCUT2D eigenvalue weighted by Crippen LogP contribution is -2.40. The zero-order valence-electron chi connectivity index (χ0n) is 20.2. The summed E-state index contributed by atoms with van der Waals surface area (Å²) in [5.41, 5.74) is 11.2. The largest absolute Gasteiger partial charge is 0.345 e. The van der Waals surface area contributed by atoms with Crippen LogP contribution in [0, 0.1) is 20.8 Å². The van der Waals surface area contributed by atoms with Crippen molar-refractivity contribution in [1.29, 1.82) is 0 Å². The first kappa shape index (κ1) is 21.5. The van der Waals surface area contributed by atoms with E-state index in [1.54, 1.807) is 0 Å². The average molecular weight is 413 g/mol. The average Bonchev–Trinajstić information content (AvgIpc) is 2.96. The van der Waals surface area contributed by atoms with E-state index in [-0.39, 0.29) is 5.41 Å². The quantitative estimate of drug-likeness (QED) is 0.444. The molecule has 1 heterocycles. The Morgan fingerprint density at radius 2 is 1.26 bits per heavy atom. The van der Waals surface area contributed by atoms with Gasteiger partial charge in [0, 0.05) is 13.1 Å². The third-order valence-electron chi connectivity index (χ3n) is 6.74. The van der Waals surface area contributed by atoms with Crippen LogP contribution in [0.1, 0.15) is 61.1 Å². The molecule has 0 saturated heterocycles.